The minimum atomic E-state index is -0.331. The van der Waals surface area contributed by atoms with Gasteiger partial charge in [-0.2, -0.15) is 0 Å². The molecular formula is C21H25ClN3O3+. The van der Waals surface area contributed by atoms with Crippen LogP contribution in [-0.2, 0) is 11.3 Å². The maximum Gasteiger partial charge on any atom is 0.253 e. The summed E-state index contributed by atoms with van der Waals surface area (Å²) in [6, 6.07) is 14.9. The maximum absolute atomic E-state index is 12.4. The van der Waals surface area contributed by atoms with E-state index in [1.807, 2.05) is 17.0 Å². The van der Waals surface area contributed by atoms with E-state index in [-0.39, 0.29) is 18.4 Å². The fraction of sp³-hybridized carbons (Fsp3) is 0.333. The Morgan fingerprint density at radius 3 is 2.43 bits per heavy atom. The molecule has 3 rings (SSSR count). The molecule has 0 radical (unpaired) electrons. The monoisotopic (exact) mass is 402 g/mol. The fourth-order valence-electron chi connectivity index (χ4n) is 3.29. The van der Waals surface area contributed by atoms with Crippen LogP contribution in [0.4, 0.5) is 0 Å². The van der Waals surface area contributed by atoms with Gasteiger partial charge in [0, 0.05) is 5.56 Å². The van der Waals surface area contributed by atoms with Crippen LogP contribution in [0.15, 0.2) is 48.5 Å². The van der Waals surface area contributed by atoms with Gasteiger partial charge in [0.15, 0.2) is 0 Å². The Morgan fingerprint density at radius 1 is 1.11 bits per heavy atom. The molecule has 2 aromatic carbocycles. The molecule has 0 aromatic heterocycles. The minimum absolute atomic E-state index is 0.0160. The van der Waals surface area contributed by atoms with Crippen molar-refractivity contribution in [1.82, 2.24) is 10.2 Å². The largest absolute Gasteiger partial charge is 0.497 e. The molecule has 0 atom stereocenters. The summed E-state index contributed by atoms with van der Waals surface area (Å²) in [6.45, 7) is 4.05. The van der Waals surface area contributed by atoms with E-state index in [0.29, 0.717) is 23.7 Å². The molecule has 0 spiro atoms. The van der Waals surface area contributed by atoms with Gasteiger partial charge in [-0.25, -0.2) is 0 Å². The number of ether oxygens (including phenoxy) is 1. The number of nitrogens with one attached hydrogen (secondary N) is 2. The second-order valence-electron chi connectivity index (χ2n) is 6.82. The van der Waals surface area contributed by atoms with Crippen LogP contribution in [0.25, 0.3) is 0 Å². The lowest BCUT2D eigenvalue weighted by atomic mass is 10.2. The fourth-order valence-corrected chi connectivity index (χ4v) is 3.51. The van der Waals surface area contributed by atoms with Gasteiger partial charge in [0.2, 0.25) is 5.91 Å². The number of piperazine rings is 1. The van der Waals surface area contributed by atoms with E-state index in [9.17, 15) is 9.59 Å². The summed E-state index contributed by atoms with van der Waals surface area (Å²) in [4.78, 5) is 27.8. The first-order chi connectivity index (χ1) is 13.6. The maximum atomic E-state index is 12.4. The number of nitrogens with zero attached hydrogens (tertiary/aromatic N) is 1. The molecular weight excluding hydrogens is 378 g/mol. The van der Waals surface area contributed by atoms with Gasteiger partial charge in [0.1, 0.15) is 12.3 Å². The number of amides is 2. The van der Waals surface area contributed by atoms with Crippen LogP contribution in [0.1, 0.15) is 15.9 Å². The van der Waals surface area contributed by atoms with Crippen LogP contribution in [0.2, 0.25) is 5.02 Å². The van der Waals surface area contributed by atoms with Gasteiger partial charge in [-0.15, -0.1) is 0 Å². The van der Waals surface area contributed by atoms with Crippen molar-refractivity contribution in [3.05, 3.63) is 64.7 Å². The topological polar surface area (TPSA) is 63.1 Å². The molecule has 2 aromatic rings. The lowest BCUT2D eigenvalue weighted by Crippen LogP contribution is -3.13. The Kier molecular flexibility index (Phi) is 6.90. The normalized spacial score (nSPS) is 14.6. The molecule has 1 aliphatic rings. The van der Waals surface area contributed by atoms with Crippen molar-refractivity contribution < 1.29 is 19.2 Å². The lowest BCUT2D eigenvalue weighted by molar-refractivity contribution is -0.917. The Balaban J connectivity index is 1.43. The first-order valence-corrected chi connectivity index (χ1v) is 9.71. The number of hydrogen-bond donors (Lipinski definition) is 2. The molecule has 1 heterocycles. The highest BCUT2D eigenvalue weighted by atomic mass is 35.5. The van der Waals surface area contributed by atoms with Crippen LogP contribution in [-0.4, -0.2) is 56.5 Å². The van der Waals surface area contributed by atoms with Crippen molar-refractivity contribution in [2.24, 2.45) is 0 Å². The predicted molar refractivity (Wildman–Crippen MR) is 108 cm³/mol. The number of carbonyl (C=O) groups is 2. The van der Waals surface area contributed by atoms with Crippen LogP contribution in [0, 0.1) is 0 Å². The van der Waals surface area contributed by atoms with Gasteiger partial charge in [0.05, 0.1) is 50.4 Å². The van der Waals surface area contributed by atoms with Gasteiger partial charge >= 0.3 is 0 Å². The molecule has 2 amide bonds. The smallest absolute Gasteiger partial charge is 0.253 e. The van der Waals surface area contributed by atoms with Crippen molar-refractivity contribution in [2.45, 2.75) is 6.54 Å². The zero-order chi connectivity index (χ0) is 19.9. The van der Waals surface area contributed by atoms with Crippen molar-refractivity contribution in [2.75, 3.05) is 39.8 Å². The summed E-state index contributed by atoms with van der Waals surface area (Å²) in [5.41, 5.74) is 1.63. The molecule has 0 bridgehead atoms. The summed E-state index contributed by atoms with van der Waals surface area (Å²) < 4.78 is 5.19. The van der Waals surface area contributed by atoms with E-state index >= 15 is 0 Å². The van der Waals surface area contributed by atoms with Crippen LogP contribution in [0.3, 0.4) is 0 Å². The SMILES string of the molecule is COc1ccc(C[NH+]2CCN(C(=O)CNC(=O)c3ccccc3Cl)CC2)cc1. The second kappa shape index (κ2) is 9.57. The van der Waals surface area contributed by atoms with E-state index in [1.54, 1.807) is 31.4 Å². The van der Waals surface area contributed by atoms with E-state index in [1.165, 1.54) is 10.5 Å². The first kappa shape index (κ1) is 20.2. The molecule has 0 saturated carbocycles. The summed E-state index contributed by atoms with van der Waals surface area (Å²) in [7, 11) is 1.66. The summed E-state index contributed by atoms with van der Waals surface area (Å²) >= 11 is 6.02. The number of quaternary nitrogens is 1. The van der Waals surface area contributed by atoms with Crippen LogP contribution < -0.4 is 15.0 Å². The first-order valence-electron chi connectivity index (χ1n) is 9.34. The van der Waals surface area contributed by atoms with Gasteiger partial charge in [-0.3, -0.25) is 9.59 Å². The van der Waals surface area contributed by atoms with Crippen molar-refractivity contribution in [1.29, 1.82) is 0 Å². The molecule has 1 aliphatic heterocycles. The Hall–Kier alpha value is -2.57. The molecule has 1 saturated heterocycles. The number of methoxy groups -OCH3 is 1. The Bertz CT molecular complexity index is 818. The molecule has 7 heteroatoms. The van der Waals surface area contributed by atoms with Gasteiger partial charge in [0.25, 0.3) is 5.91 Å². The Labute approximate surface area is 170 Å². The highest BCUT2D eigenvalue weighted by Gasteiger charge is 2.24. The molecule has 1 fully saturated rings. The summed E-state index contributed by atoms with van der Waals surface area (Å²) in [5.74, 6) is 0.458. The lowest BCUT2D eigenvalue weighted by Gasteiger charge is -2.32. The van der Waals surface area contributed by atoms with E-state index < -0.39 is 0 Å². The third kappa shape index (κ3) is 5.24. The zero-order valence-electron chi connectivity index (χ0n) is 15.9. The zero-order valence-corrected chi connectivity index (χ0v) is 16.7. The molecule has 0 aliphatic carbocycles. The van der Waals surface area contributed by atoms with Crippen LogP contribution >= 0.6 is 11.6 Å². The predicted octanol–water partition coefficient (Wildman–Crippen LogP) is 1.01. The van der Waals surface area contributed by atoms with E-state index in [4.69, 9.17) is 16.3 Å². The quantitative estimate of drug-likeness (QED) is 0.758. The second-order valence-corrected chi connectivity index (χ2v) is 7.23. The minimum Gasteiger partial charge on any atom is -0.497 e. The third-order valence-electron chi connectivity index (χ3n) is 4.96. The average Bonchev–Trinajstić information content (AvgIpc) is 2.73. The number of rotatable bonds is 6. The van der Waals surface area contributed by atoms with E-state index in [2.05, 4.69) is 17.4 Å². The highest BCUT2D eigenvalue weighted by Crippen LogP contribution is 2.14. The molecule has 2 N–H and O–H groups in total. The van der Waals surface area contributed by atoms with E-state index in [0.717, 1.165) is 25.4 Å². The van der Waals surface area contributed by atoms with Crippen molar-refractivity contribution in [3.63, 3.8) is 0 Å². The highest BCUT2D eigenvalue weighted by molar-refractivity contribution is 6.33. The van der Waals surface area contributed by atoms with Gasteiger partial charge in [-0.05, 0) is 36.4 Å². The number of halogens is 1. The molecule has 148 valence electrons. The molecule has 0 unspecified atom stereocenters. The van der Waals surface area contributed by atoms with Crippen molar-refractivity contribution in [3.8, 4) is 5.75 Å². The average molecular weight is 403 g/mol. The molecule has 28 heavy (non-hydrogen) atoms. The number of carbonyl (C=O) groups excluding carboxylic acids is 2. The molecule has 6 nitrogen and oxygen atoms in total. The van der Waals surface area contributed by atoms with Crippen LogP contribution in [0.5, 0.6) is 5.75 Å². The number of hydrogen-bond acceptors (Lipinski definition) is 3. The van der Waals surface area contributed by atoms with Gasteiger partial charge in [-0.1, -0.05) is 23.7 Å². The standard InChI is InChI=1S/C21H24ClN3O3/c1-28-17-8-6-16(7-9-17)15-24-10-12-25(13-11-24)20(26)14-23-21(27)18-4-2-3-5-19(18)22/h2-9H,10-15H2,1H3,(H,23,27)/p+1. The van der Waals surface area contributed by atoms with Gasteiger partial charge < -0.3 is 19.9 Å². The summed E-state index contributed by atoms with van der Waals surface area (Å²) in [6.07, 6.45) is 0. The Morgan fingerprint density at radius 2 is 1.79 bits per heavy atom. The number of benzene rings is 2. The van der Waals surface area contributed by atoms with Crippen molar-refractivity contribution >= 4 is 23.4 Å². The summed E-state index contributed by atoms with van der Waals surface area (Å²) in [5, 5.41) is 3.04. The third-order valence-corrected chi connectivity index (χ3v) is 5.28.